The van der Waals surface area contributed by atoms with E-state index in [1.54, 1.807) is 23.5 Å². The van der Waals surface area contributed by atoms with Crippen LogP contribution < -0.4 is 5.32 Å². The summed E-state index contributed by atoms with van der Waals surface area (Å²) in [6.07, 6.45) is 5.23. The molecule has 0 unspecified atom stereocenters. The van der Waals surface area contributed by atoms with Crippen LogP contribution in [0.3, 0.4) is 0 Å². The maximum atomic E-state index is 11.5. The van der Waals surface area contributed by atoms with Crippen LogP contribution in [-0.2, 0) is 4.79 Å². The second kappa shape index (κ2) is 6.43. The van der Waals surface area contributed by atoms with E-state index < -0.39 is 0 Å². The summed E-state index contributed by atoms with van der Waals surface area (Å²) in [5.41, 5.74) is 0.849. The average Bonchev–Trinajstić information content (AvgIpc) is 2.69. The number of amides is 1. The lowest BCUT2D eigenvalue weighted by Gasteiger charge is -2.12. The second-order valence-electron chi connectivity index (χ2n) is 3.65. The number of carbonyl (C=O) groups excluding carboxylic acids is 1. The van der Waals surface area contributed by atoms with Gasteiger partial charge in [0.1, 0.15) is 0 Å². The summed E-state index contributed by atoms with van der Waals surface area (Å²) in [5, 5.41) is 5.90. The molecule has 0 aliphatic carbocycles. The first-order valence-corrected chi connectivity index (χ1v) is 6.44. The molecule has 0 aromatic carbocycles. The van der Waals surface area contributed by atoms with Crippen LogP contribution in [0.4, 0.5) is 0 Å². The first-order chi connectivity index (χ1) is 7.65. The summed E-state index contributed by atoms with van der Waals surface area (Å²) in [7, 11) is 0. The minimum Gasteiger partial charge on any atom is -0.350 e. The van der Waals surface area contributed by atoms with Gasteiger partial charge in [-0.2, -0.15) is 0 Å². The number of rotatable bonds is 5. The van der Waals surface area contributed by atoms with Gasteiger partial charge in [-0.15, -0.1) is 11.3 Å². The predicted octanol–water partition coefficient (Wildman–Crippen LogP) is 2.77. The molecule has 0 saturated heterocycles. The Bertz CT molecular complexity index is 367. The van der Waals surface area contributed by atoms with Crippen LogP contribution in [0.2, 0.25) is 0 Å². The van der Waals surface area contributed by atoms with E-state index in [0.717, 1.165) is 23.5 Å². The van der Waals surface area contributed by atoms with Gasteiger partial charge in [0.05, 0.1) is 10.7 Å². The standard InChI is InChI=1S/C12H18N2OS/c1-4-10(5-2)14-12(15)7-6-11-8-16-9(3)13-11/h6-8,10H,4-5H2,1-3H3,(H,14,15). The summed E-state index contributed by atoms with van der Waals surface area (Å²) in [4.78, 5) is 15.8. The number of thiazole rings is 1. The fourth-order valence-electron chi connectivity index (χ4n) is 1.36. The van der Waals surface area contributed by atoms with Gasteiger partial charge in [-0.1, -0.05) is 13.8 Å². The van der Waals surface area contributed by atoms with Crippen molar-refractivity contribution < 1.29 is 4.79 Å². The quantitative estimate of drug-likeness (QED) is 0.801. The van der Waals surface area contributed by atoms with Gasteiger partial charge < -0.3 is 5.32 Å². The first-order valence-electron chi connectivity index (χ1n) is 5.56. The van der Waals surface area contributed by atoms with Crippen LogP contribution in [0.15, 0.2) is 11.5 Å². The van der Waals surface area contributed by atoms with Gasteiger partial charge in [-0.05, 0) is 25.8 Å². The van der Waals surface area contributed by atoms with Crippen molar-refractivity contribution in [3.63, 3.8) is 0 Å². The number of hydrogen-bond acceptors (Lipinski definition) is 3. The molecule has 88 valence electrons. The molecule has 0 radical (unpaired) electrons. The maximum Gasteiger partial charge on any atom is 0.244 e. The van der Waals surface area contributed by atoms with Crippen molar-refractivity contribution >= 4 is 23.3 Å². The molecular weight excluding hydrogens is 220 g/mol. The van der Waals surface area contributed by atoms with Crippen molar-refractivity contribution in [3.05, 3.63) is 22.2 Å². The highest BCUT2D eigenvalue weighted by Gasteiger charge is 2.04. The molecule has 0 spiro atoms. The van der Waals surface area contributed by atoms with E-state index in [0.29, 0.717) is 0 Å². The van der Waals surface area contributed by atoms with E-state index in [4.69, 9.17) is 0 Å². The van der Waals surface area contributed by atoms with Crippen LogP contribution in [0.1, 0.15) is 37.4 Å². The third kappa shape index (κ3) is 4.14. The Kier molecular flexibility index (Phi) is 5.19. The lowest BCUT2D eigenvalue weighted by atomic mass is 10.2. The Balaban J connectivity index is 2.48. The van der Waals surface area contributed by atoms with Gasteiger partial charge in [0.25, 0.3) is 0 Å². The summed E-state index contributed by atoms with van der Waals surface area (Å²) in [6, 6.07) is 0.273. The number of aromatic nitrogens is 1. The third-order valence-electron chi connectivity index (χ3n) is 2.37. The number of nitrogens with one attached hydrogen (secondary N) is 1. The largest absolute Gasteiger partial charge is 0.350 e. The van der Waals surface area contributed by atoms with Crippen LogP contribution in [0.5, 0.6) is 0 Å². The number of carbonyl (C=O) groups is 1. The molecule has 0 bridgehead atoms. The van der Waals surface area contributed by atoms with E-state index >= 15 is 0 Å². The highest BCUT2D eigenvalue weighted by molar-refractivity contribution is 7.09. The molecule has 3 nitrogen and oxygen atoms in total. The highest BCUT2D eigenvalue weighted by atomic mass is 32.1. The second-order valence-corrected chi connectivity index (χ2v) is 4.71. The van der Waals surface area contributed by atoms with Crippen molar-refractivity contribution in [3.8, 4) is 0 Å². The van der Waals surface area contributed by atoms with Gasteiger partial charge in [0.2, 0.25) is 5.91 Å². The van der Waals surface area contributed by atoms with Crippen LogP contribution >= 0.6 is 11.3 Å². The monoisotopic (exact) mass is 238 g/mol. The van der Waals surface area contributed by atoms with Crippen molar-refractivity contribution in [2.75, 3.05) is 0 Å². The topological polar surface area (TPSA) is 42.0 Å². The molecule has 0 aliphatic heterocycles. The summed E-state index contributed by atoms with van der Waals surface area (Å²) >= 11 is 1.58. The van der Waals surface area contributed by atoms with Gasteiger partial charge in [0.15, 0.2) is 0 Å². The Morgan fingerprint density at radius 1 is 1.56 bits per heavy atom. The van der Waals surface area contributed by atoms with Gasteiger partial charge >= 0.3 is 0 Å². The van der Waals surface area contributed by atoms with Crippen molar-refractivity contribution in [2.45, 2.75) is 39.7 Å². The molecule has 1 aromatic rings. The Morgan fingerprint density at radius 2 is 2.25 bits per heavy atom. The normalized spacial score (nSPS) is 11.2. The average molecular weight is 238 g/mol. The molecule has 1 amide bonds. The fraction of sp³-hybridized carbons (Fsp3) is 0.500. The lowest BCUT2D eigenvalue weighted by Crippen LogP contribution is -2.32. The molecule has 1 N–H and O–H groups in total. The zero-order chi connectivity index (χ0) is 12.0. The van der Waals surface area contributed by atoms with Crippen LogP contribution in [0, 0.1) is 6.92 Å². The Morgan fingerprint density at radius 3 is 2.75 bits per heavy atom. The predicted molar refractivity (Wildman–Crippen MR) is 68.4 cm³/mol. The molecule has 4 heteroatoms. The van der Waals surface area contributed by atoms with E-state index in [1.807, 2.05) is 12.3 Å². The van der Waals surface area contributed by atoms with E-state index in [2.05, 4.69) is 24.1 Å². The smallest absolute Gasteiger partial charge is 0.244 e. The molecule has 0 atom stereocenters. The highest BCUT2D eigenvalue weighted by Crippen LogP contribution is 2.09. The molecule has 16 heavy (non-hydrogen) atoms. The van der Waals surface area contributed by atoms with Gasteiger partial charge in [-0.25, -0.2) is 4.98 Å². The lowest BCUT2D eigenvalue weighted by molar-refractivity contribution is -0.117. The molecule has 1 heterocycles. The van der Waals surface area contributed by atoms with Crippen LogP contribution in [-0.4, -0.2) is 16.9 Å². The molecular formula is C12H18N2OS. The minimum absolute atomic E-state index is 0.0423. The molecule has 1 aromatic heterocycles. The summed E-state index contributed by atoms with van der Waals surface area (Å²) < 4.78 is 0. The summed E-state index contributed by atoms with van der Waals surface area (Å²) in [5.74, 6) is -0.0423. The minimum atomic E-state index is -0.0423. The number of nitrogens with zero attached hydrogens (tertiary/aromatic N) is 1. The third-order valence-corrected chi connectivity index (χ3v) is 3.17. The number of hydrogen-bond donors (Lipinski definition) is 1. The van der Waals surface area contributed by atoms with Crippen LogP contribution in [0.25, 0.3) is 6.08 Å². The molecule has 0 fully saturated rings. The van der Waals surface area contributed by atoms with Gasteiger partial charge in [0, 0.05) is 17.5 Å². The molecule has 0 aliphatic rings. The van der Waals surface area contributed by atoms with Crippen molar-refractivity contribution in [1.29, 1.82) is 0 Å². The van der Waals surface area contributed by atoms with E-state index in [-0.39, 0.29) is 11.9 Å². The summed E-state index contributed by atoms with van der Waals surface area (Å²) in [6.45, 7) is 6.09. The number of aryl methyl sites for hydroxylation is 1. The zero-order valence-electron chi connectivity index (χ0n) is 9.99. The fourth-order valence-corrected chi connectivity index (χ4v) is 1.94. The van der Waals surface area contributed by atoms with Gasteiger partial charge in [-0.3, -0.25) is 4.79 Å². The molecule has 0 saturated carbocycles. The Hall–Kier alpha value is -1.16. The molecule has 1 rings (SSSR count). The van der Waals surface area contributed by atoms with Crippen molar-refractivity contribution in [2.24, 2.45) is 0 Å². The maximum absolute atomic E-state index is 11.5. The SMILES string of the molecule is CCC(CC)NC(=O)C=Cc1csc(C)n1. The first kappa shape index (κ1) is 12.9. The zero-order valence-corrected chi connectivity index (χ0v) is 10.8. The van der Waals surface area contributed by atoms with E-state index in [1.165, 1.54) is 0 Å². The van der Waals surface area contributed by atoms with Crippen molar-refractivity contribution in [1.82, 2.24) is 10.3 Å². The van der Waals surface area contributed by atoms with E-state index in [9.17, 15) is 4.79 Å². The Labute approximate surface area is 101 Å².